The van der Waals surface area contributed by atoms with Crippen LogP contribution in [-0.2, 0) is 6.54 Å². The summed E-state index contributed by atoms with van der Waals surface area (Å²) >= 11 is 3.48. The zero-order chi connectivity index (χ0) is 13.8. The maximum absolute atomic E-state index is 5.38. The second-order valence-corrected chi connectivity index (χ2v) is 5.54. The highest BCUT2D eigenvalue weighted by Crippen LogP contribution is 2.31. The number of benzene rings is 1. The number of aromatic nitrogens is 2. The van der Waals surface area contributed by atoms with E-state index in [4.69, 9.17) is 4.74 Å². The molecular weight excluding hydrogens is 306 g/mol. The van der Waals surface area contributed by atoms with Gasteiger partial charge >= 0.3 is 0 Å². The summed E-state index contributed by atoms with van der Waals surface area (Å²) in [5.74, 6) is 1.75. The Hall–Kier alpha value is -1.33. The van der Waals surface area contributed by atoms with Crippen LogP contribution in [0.4, 0.5) is 0 Å². The number of hydrogen-bond acceptors (Lipinski definition) is 3. The van der Waals surface area contributed by atoms with Crippen molar-refractivity contribution in [3.63, 3.8) is 0 Å². The Bertz CT molecular complexity index is 551. The monoisotopic (exact) mass is 323 g/mol. The van der Waals surface area contributed by atoms with Gasteiger partial charge in [0.2, 0.25) is 0 Å². The van der Waals surface area contributed by atoms with Crippen molar-refractivity contribution >= 4 is 15.9 Å². The van der Waals surface area contributed by atoms with E-state index in [-0.39, 0.29) is 0 Å². The Balaban J connectivity index is 2.24. The first kappa shape index (κ1) is 14.1. The van der Waals surface area contributed by atoms with Crippen LogP contribution in [-0.4, -0.2) is 23.1 Å². The Kier molecular flexibility index (Phi) is 4.61. The molecule has 102 valence electrons. The number of halogens is 1. The molecule has 5 heteroatoms. The first-order chi connectivity index (χ1) is 9.10. The van der Waals surface area contributed by atoms with Crippen molar-refractivity contribution in [3.05, 3.63) is 34.7 Å². The molecule has 1 heterocycles. The lowest BCUT2D eigenvalue weighted by Crippen LogP contribution is -2.22. The van der Waals surface area contributed by atoms with E-state index in [1.54, 1.807) is 7.11 Å². The zero-order valence-electron chi connectivity index (χ0n) is 11.3. The van der Waals surface area contributed by atoms with E-state index in [1.165, 1.54) is 0 Å². The van der Waals surface area contributed by atoms with Crippen molar-refractivity contribution in [2.75, 3.05) is 7.11 Å². The number of rotatable bonds is 5. The van der Waals surface area contributed by atoms with Crippen LogP contribution in [0.25, 0.3) is 11.3 Å². The lowest BCUT2D eigenvalue weighted by molar-refractivity contribution is 0.416. The molecule has 0 saturated carbocycles. The molecule has 1 aromatic carbocycles. The average molecular weight is 324 g/mol. The summed E-state index contributed by atoms with van der Waals surface area (Å²) < 4.78 is 6.39. The van der Waals surface area contributed by atoms with Crippen LogP contribution in [0.5, 0.6) is 5.75 Å². The van der Waals surface area contributed by atoms with Crippen molar-refractivity contribution < 1.29 is 4.74 Å². The average Bonchev–Trinajstić information content (AvgIpc) is 2.85. The molecule has 0 bridgehead atoms. The van der Waals surface area contributed by atoms with E-state index in [1.807, 2.05) is 24.4 Å². The van der Waals surface area contributed by atoms with E-state index in [9.17, 15) is 0 Å². The van der Waals surface area contributed by atoms with Gasteiger partial charge in [0.15, 0.2) is 0 Å². The first-order valence-electron chi connectivity index (χ1n) is 6.21. The number of ether oxygens (including phenoxy) is 1. The normalized spacial score (nSPS) is 11.0. The van der Waals surface area contributed by atoms with Crippen LogP contribution in [0.2, 0.25) is 0 Å². The minimum absolute atomic E-state index is 0.439. The van der Waals surface area contributed by atoms with Crippen molar-refractivity contribution in [1.82, 2.24) is 15.3 Å². The van der Waals surface area contributed by atoms with E-state index in [0.29, 0.717) is 6.04 Å². The molecule has 0 aliphatic rings. The van der Waals surface area contributed by atoms with Crippen LogP contribution in [0.15, 0.2) is 28.9 Å². The van der Waals surface area contributed by atoms with E-state index >= 15 is 0 Å². The standard InChI is InChI=1S/C14H18BrN3O/c1-9(2)16-8-14-17-7-12(18-14)11-6-10(15)4-5-13(11)19-3/h4-7,9,16H,8H2,1-3H3,(H,17,18). The fourth-order valence-electron chi connectivity index (χ4n) is 1.78. The van der Waals surface area contributed by atoms with Crippen LogP contribution >= 0.6 is 15.9 Å². The molecule has 1 aromatic heterocycles. The third kappa shape index (κ3) is 3.58. The minimum Gasteiger partial charge on any atom is -0.496 e. The number of imidazole rings is 1. The van der Waals surface area contributed by atoms with Crippen LogP contribution in [0, 0.1) is 0 Å². The Morgan fingerprint density at radius 3 is 2.89 bits per heavy atom. The Morgan fingerprint density at radius 1 is 1.42 bits per heavy atom. The van der Waals surface area contributed by atoms with Gasteiger partial charge in [-0.1, -0.05) is 29.8 Å². The minimum atomic E-state index is 0.439. The molecule has 0 saturated heterocycles. The highest BCUT2D eigenvalue weighted by molar-refractivity contribution is 9.10. The highest BCUT2D eigenvalue weighted by atomic mass is 79.9. The lowest BCUT2D eigenvalue weighted by Gasteiger charge is -2.07. The molecule has 0 fully saturated rings. The summed E-state index contributed by atoms with van der Waals surface area (Å²) in [5.41, 5.74) is 1.96. The smallest absolute Gasteiger partial charge is 0.128 e. The molecule has 0 spiro atoms. The molecular formula is C14H18BrN3O. The summed E-state index contributed by atoms with van der Waals surface area (Å²) in [6, 6.07) is 6.35. The summed E-state index contributed by atoms with van der Waals surface area (Å²) in [6.45, 7) is 4.95. The van der Waals surface area contributed by atoms with Gasteiger partial charge in [0, 0.05) is 16.1 Å². The van der Waals surface area contributed by atoms with E-state index < -0.39 is 0 Å². The topological polar surface area (TPSA) is 49.9 Å². The van der Waals surface area contributed by atoms with Crippen molar-refractivity contribution in [2.24, 2.45) is 0 Å². The summed E-state index contributed by atoms with van der Waals surface area (Å²) in [4.78, 5) is 7.69. The fraction of sp³-hybridized carbons (Fsp3) is 0.357. The van der Waals surface area contributed by atoms with Gasteiger partial charge in [-0.15, -0.1) is 0 Å². The molecule has 19 heavy (non-hydrogen) atoms. The molecule has 2 N–H and O–H groups in total. The van der Waals surface area contributed by atoms with E-state index in [2.05, 4.69) is 45.1 Å². The maximum Gasteiger partial charge on any atom is 0.128 e. The van der Waals surface area contributed by atoms with Crippen molar-refractivity contribution in [2.45, 2.75) is 26.4 Å². The molecule has 0 amide bonds. The van der Waals surface area contributed by atoms with Crippen molar-refractivity contribution in [3.8, 4) is 17.0 Å². The third-order valence-electron chi connectivity index (χ3n) is 2.76. The largest absolute Gasteiger partial charge is 0.496 e. The van der Waals surface area contributed by atoms with Gasteiger partial charge in [-0.05, 0) is 18.2 Å². The Morgan fingerprint density at radius 2 is 2.21 bits per heavy atom. The zero-order valence-corrected chi connectivity index (χ0v) is 12.9. The van der Waals surface area contributed by atoms with Crippen LogP contribution in [0.3, 0.4) is 0 Å². The molecule has 0 aliphatic carbocycles. The molecule has 0 aliphatic heterocycles. The van der Waals surface area contributed by atoms with Gasteiger partial charge in [0.05, 0.1) is 25.5 Å². The van der Waals surface area contributed by atoms with Gasteiger partial charge in [0.25, 0.3) is 0 Å². The van der Waals surface area contributed by atoms with Gasteiger partial charge in [-0.25, -0.2) is 4.98 Å². The number of hydrogen-bond donors (Lipinski definition) is 2. The first-order valence-corrected chi connectivity index (χ1v) is 7.00. The molecule has 0 unspecified atom stereocenters. The van der Waals surface area contributed by atoms with Gasteiger partial charge in [0.1, 0.15) is 11.6 Å². The molecule has 2 aromatic rings. The number of aromatic amines is 1. The second-order valence-electron chi connectivity index (χ2n) is 4.62. The van der Waals surface area contributed by atoms with Gasteiger partial charge < -0.3 is 15.0 Å². The number of nitrogens with zero attached hydrogens (tertiary/aromatic N) is 1. The number of nitrogens with one attached hydrogen (secondary N) is 2. The third-order valence-corrected chi connectivity index (χ3v) is 3.25. The van der Waals surface area contributed by atoms with Gasteiger partial charge in [-0.3, -0.25) is 0 Å². The highest BCUT2D eigenvalue weighted by Gasteiger charge is 2.09. The summed E-state index contributed by atoms with van der Waals surface area (Å²) in [6.07, 6.45) is 1.83. The molecule has 0 atom stereocenters. The number of methoxy groups -OCH3 is 1. The maximum atomic E-state index is 5.38. The summed E-state index contributed by atoms with van der Waals surface area (Å²) in [7, 11) is 1.67. The lowest BCUT2D eigenvalue weighted by atomic mass is 10.1. The predicted octanol–water partition coefficient (Wildman–Crippen LogP) is 3.35. The number of H-pyrrole nitrogens is 1. The summed E-state index contributed by atoms with van der Waals surface area (Å²) in [5, 5.41) is 3.33. The van der Waals surface area contributed by atoms with Crippen LogP contribution in [0.1, 0.15) is 19.7 Å². The molecule has 4 nitrogen and oxygen atoms in total. The predicted molar refractivity (Wildman–Crippen MR) is 80.3 cm³/mol. The van der Waals surface area contributed by atoms with Crippen LogP contribution < -0.4 is 10.1 Å². The van der Waals surface area contributed by atoms with E-state index in [0.717, 1.165) is 33.8 Å². The Labute approximate surface area is 121 Å². The molecule has 0 radical (unpaired) electrons. The van der Waals surface area contributed by atoms with Gasteiger partial charge in [-0.2, -0.15) is 0 Å². The SMILES string of the molecule is COc1ccc(Br)cc1-c1cnc(CNC(C)C)[nH]1. The quantitative estimate of drug-likeness (QED) is 0.887. The molecule has 2 rings (SSSR count). The van der Waals surface area contributed by atoms with Crippen molar-refractivity contribution in [1.29, 1.82) is 0 Å². The fourth-order valence-corrected chi connectivity index (χ4v) is 2.14. The second kappa shape index (κ2) is 6.21.